The lowest BCUT2D eigenvalue weighted by molar-refractivity contribution is 0.0600. The molecule has 1 aliphatic rings. The summed E-state index contributed by atoms with van der Waals surface area (Å²) in [5, 5.41) is 2.81. The first-order chi connectivity index (χ1) is 14.1. The second-order valence-corrected chi connectivity index (χ2v) is 6.87. The molecular formula is C23H21N3O3. The number of aromatic nitrogens is 1. The van der Waals surface area contributed by atoms with Gasteiger partial charge >= 0.3 is 5.97 Å². The smallest absolute Gasteiger partial charge is 0.337 e. The molecule has 0 saturated carbocycles. The third-order valence-corrected chi connectivity index (χ3v) is 5.03. The van der Waals surface area contributed by atoms with Gasteiger partial charge in [-0.15, -0.1) is 0 Å². The highest BCUT2D eigenvalue weighted by molar-refractivity contribution is 6.04. The van der Waals surface area contributed by atoms with E-state index in [1.54, 1.807) is 36.5 Å². The monoisotopic (exact) mass is 387 g/mol. The highest BCUT2D eigenvalue weighted by Gasteiger charge is 2.17. The van der Waals surface area contributed by atoms with Crippen LogP contribution in [0.15, 0.2) is 66.9 Å². The van der Waals surface area contributed by atoms with E-state index >= 15 is 0 Å². The minimum atomic E-state index is -0.414. The molecule has 1 N–H and O–H groups in total. The third kappa shape index (κ3) is 4.11. The topological polar surface area (TPSA) is 71.5 Å². The molecule has 146 valence electrons. The van der Waals surface area contributed by atoms with Crippen molar-refractivity contribution in [2.75, 3.05) is 23.9 Å². The molecule has 0 saturated heterocycles. The fraction of sp³-hybridized carbons (Fsp3) is 0.174. The Labute approximate surface area is 169 Å². The quantitative estimate of drug-likeness (QED) is 0.692. The number of benzene rings is 2. The summed E-state index contributed by atoms with van der Waals surface area (Å²) in [6.45, 7) is 1.73. The first kappa shape index (κ1) is 18.7. The molecule has 4 rings (SSSR count). The number of hydrogen-bond acceptors (Lipinski definition) is 5. The van der Waals surface area contributed by atoms with E-state index in [-0.39, 0.29) is 5.91 Å². The van der Waals surface area contributed by atoms with Gasteiger partial charge in [0, 0.05) is 25.0 Å². The fourth-order valence-corrected chi connectivity index (χ4v) is 3.41. The number of esters is 1. The van der Waals surface area contributed by atoms with Gasteiger partial charge in [0.2, 0.25) is 0 Å². The van der Waals surface area contributed by atoms with Crippen LogP contribution < -0.4 is 10.2 Å². The van der Waals surface area contributed by atoms with Crippen LogP contribution in [0.3, 0.4) is 0 Å². The summed E-state index contributed by atoms with van der Waals surface area (Å²) in [7, 11) is 1.33. The molecule has 0 fully saturated rings. The van der Waals surface area contributed by atoms with Crippen LogP contribution in [0.2, 0.25) is 0 Å². The highest BCUT2D eigenvalue weighted by atomic mass is 16.5. The molecule has 1 aromatic heterocycles. The number of nitrogens with zero attached hydrogens (tertiary/aromatic N) is 2. The number of nitrogens with one attached hydrogen (secondary N) is 1. The van der Waals surface area contributed by atoms with Gasteiger partial charge in [-0.1, -0.05) is 24.3 Å². The standard InChI is InChI=1S/C23H21N3O3/c1-29-23(28)17-6-9-20(10-7-17)25-22(27)18-8-11-21(24-14-18)26-13-12-16-4-2-3-5-19(16)15-26/h2-11,14H,12-13,15H2,1H3,(H,25,27). The Kier molecular flexibility index (Phi) is 5.24. The summed E-state index contributed by atoms with van der Waals surface area (Å²) in [5.41, 5.74) is 4.21. The Hall–Kier alpha value is -3.67. The van der Waals surface area contributed by atoms with Crippen molar-refractivity contribution in [2.45, 2.75) is 13.0 Å². The molecule has 0 unspecified atom stereocenters. The van der Waals surface area contributed by atoms with E-state index in [1.807, 2.05) is 6.07 Å². The summed E-state index contributed by atoms with van der Waals surface area (Å²) >= 11 is 0. The Balaban J connectivity index is 1.41. The molecule has 0 radical (unpaired) electrons. The van der Waals surface area contributed by atoms with E-state index < -0.39 is 5.97 Å². The van der Waals surface area contributed by atoms with Crippen molar-refractivity contribution < 1.29 is 14.3 Å². The van der Waals surface area contributed by atoms with Crippen LogP contribution in [-0.2, 0) is 17.7 Å². The SMILES string of the molecule is COC(=O)c1ccc(NC(=O)c2ccc(N3CCc4ccccc4C3)nc2)cc1. The number of fused-ring (bicyclic) bond motifs is 1. The number of methoxy groups -OCH3 is 1. The second-order valence-electron chi connectivity index (χ2n) is 6.87. The van der Waals surface area contributed by atoms with Crippen LogP contribution in [0.1, 0.15) is 31.8 Å². The number of rotatable bonds is 4. The van der Waals surface area contributed by atoms with Gasteiger partial charge in [-0.3, -0.25) is 4.79 Å². The lowest BCUT2D eigenvalue weighted by Gasteiger charge is -2.29. The molecule has 3 aromatic rings. The van der Waals surface area contributed by atoms with Gasteiger partial charge in [0.05, 0.1) is 18.2 Å². The van der Waals surface area contributed by atoms with E-state index in [9.17, 15) is 9.59 Å². The molecule has 29 heavy (non-hydrogen) atoms. The van der Waals surface area contributed by atoms with E-state index in [1.165, 1.54) is 18.2 Å². The number of carbonyl (C=O) groups is 2. The van der Waals surface area contributed by atoms with Gasteiger partial charge < -0.3 is 15.0 Å². The summed E-state index contributed by atoms with van der Waals surface area (Å²) in [6.07, 6.45) is 2.58. The molecule has 0 bridgehead atoms. The molecule has 1 amide bonds. The minimum Gasteiger partial charge on any atom is -0.465 e. The largest absolute Gasteiger partial charge is 0.465 e. The maximum atomic E-state index is 12.5. The maximum Gasteiger partial charge on any atom is 0.337 e. The predicted molar refractivity (Wildman–Crippen MR) is 111 cm³/mol. The molecule has 6 nitrogen and oxygen atoms in total. The normalized spacial score (nSPS) is 12.8. The van der Waals surface area contributed by atoms with Crippen LogP contribution in [0.4, 0.5) is 11.5 Å². The zero-order valence-electron chi connectivity index (χ0n) is 16.1. The van der Waals surface area contributed by atoms with Crippen molar-refractivity contribution in [3.05, 3.63) is 89.1 Å². The van der Waals surface area contributed by atoms with Crippen molar-refractivity contribution in [1.82, 2.24) is 4.98 Å². The number of anilines is 2. The van der Waals surface area contributed by atoms with Crippen LogP contribution in [0, 0.1) is 0 Å². The molecular weight excluding hydrogens is 366 g/mol. The summed E-state index contributed by atoms with van der Waals surface area (Å²) in [4.78, 5) is 30.7. The zero-order chi connectivity index (χ0) is 20.2. The van der Waals surface area contributed by atoms with Crippen molar-refractivity contribution in [2.24, 2.45) is 0 Å². The van der Waals surface area contributed by atoms with Gasteiger partial charge in [0.1, 0.15) is 5.82 Å². The third-order valence-electron chi connectivity index (χ3n) is 5.03. The summed E-state index contributed by atoms with van der Waals surface area (Å²) in [6, 6.07) is 18.6. The first-order valence-electron chi connectivity index (χ1n) is 9.41. The van der Waals surface area contributed by atoms with Crippen LogP contribution in [0.25, 0.3) is 0 Å². The van der Waals surface area contributed by atoms with Crippen LogP contribution >= 0.6 is 0 Å². The molecule has 0 spiro atoms. The lowest BCUT2D eigenvalue weighted by Crippen LogP contribution is -2.31. The summed E-state index contributed by atoms with van der Waals surface area (Å²) in [5.74, 6) is 0.195. The Morgan fingerprint density at radius 3 is 2.38 bits per heavy atom. The van der Waals surface area contributed by atoms with E-state index in [2.05, 4.69) is 44.2 Å². The van der Waals surface area contributed by atoms with Gasteiger partial charge in [-0.05, 0) is 53.9 Å². The van der Waals surface area contributed by atoms with E-state index in [4.69, 9.17) is 0 Å². The Morgan fingerprint density at radius 1 is 0.966 bits per heavy atom. The molecule has 6 heteroatoms. The van der Waals surface area contributed by atoms with Crippen molar-refractivity contribution in [1.29, 1.82) is 0 Å². The van der Waals surface area contributed by atoms with Gasteiger partial charge in [0.15, 0.2) is 0 Å². The molecule has 1 aliphatic heterocycles. The van der Waals surface area contributed by atoms with Crippen molar-refractivity contribution in [3.63, 3.8) is 0 Å². The zero-order valence-corrected chi connectivity index (χ0v) is 16.1. The van der Waals surface area contributed by atoms with Gasteiger partial charge in [0.25, 0.3) is 5.91 Å². The number of hydrogen-bond donors (Lipinski definition) is 1. The van der Waals surface area contributed by atoms with Gasteiger partial charge in [-0.25, -0.2) is 9.78 Å². The van der Waals surface area contributed by atoms with Crippen LogP contribution in [-0.4, -0.2) is 30.5 Å². The minimum absolute atomic E-state index is 0.251. The first-order valence-corrected chi connectivity index (χ1v) is 9.41. The highest BCUT2D eigenvalue weighted by Crippen LogP contribution is 2.23. The number of amides is 1. The second kappa shape index (κ2) is 8.14. The lowest BCUT2D eigenvalue weighted by atomic mass is 10.00. The molecule has 2 heterocycles. The molecule has 2 aromatic carbocycles. The average molecular weight is 387 g/mol. The maximum absolute atomic E-state index is 12.5. The molecule has 0 aliphatic carbocycles. The van der Waals surface area contributed by atoms with Gasteiger partial charge in [-0.2, -0.15) is 0 Å². The average Bonchev–Trinajstić information content (AvgIpc) is 2.79. The number of carbonyl (C=O) groups excluding carboxylic acids is 2. The fourth-order valence-electron chi connectivity index (χ4n) is 3.41. The molecule has 0 atom stereocenters. The van der Waals surface area contributed by atoms with Crippen molar-refractivity contribution >= 4 is 23.4 Å². The van der Waals surface area contributed by atoms with E-state index in [0.29, 0.717) is 16.8 Å². The summed E-state index contributed by atoms with van der Waals surface area (Å²) < 4.78 is 4.67. The predicted octanol–water partition coefficient (Wildman–Crippen LogP) is 3.68. The Morgan fingerprint density at radius 2 is 1.69 bits per heavy atom. The van der Waals surface area contributed by atoms with Crippen molar-refractivity contribution in [3.8, 4) is 0 Å². The number of ether oxygens (including phenoxy) is 1. The Bertz CT molecular complexity index is 1030. The van der Waals surface area contributed by atoms with Crippen LogP contribution in [0.5, 0.6) is 0 Å². The van der Waals surface area contributed by atoms with E-state index in [0.717, 1.165) is 25.3 Å². The number of pyridine rings is 1.